The topological polar surface area (TPSA) is 52.0 Å². The van der Waals surface area contributed by atoms with Crippen LogP contribution in [0.15, 0.2) is 73.1 Å². The first-order valence-corrected chi connectivity index (χ1v) is 12.2. The fourth-order valence-electron chi connectivity index (χ4n) is 3.14. The number of Topliss-reactive ketones (excluding diaryl/α,β-unsaturated/α-hetero) is 1. The van der Waals surface area contributed by atoms with Crippen LogP contribution in [0.4, 0.5) is 0 Å². The van der Waals surface area contributed by atoms with Crippen molar-refractivity contribution in [1.82, 2.24) is 9.78 Å². The molecule has 5 heteroatoms. The fourth-order valence-corrected chi connectivity index (χ4v) is 4.55. The molecule has 1 aromatic heterocycles. The third-order valence-electron chi connectivity index (χ3n) is 4.68. The molecule has 0 bridgehead atoms. The summed E-state index contributed by atoms with van der Waals surface area (Å²) in [5, 5.41) is 4.33. The molecule has 156 valence electrons. The number of hydrogen-bond donors (Lipinski definition) is 0. The maximum Gasteiger partial charge on any atom is 0.178 e. The fraction of sp³-hybridized carbons (Fsp3) is 0.240. The van der Waals surface area contributed by atoms with E-state index in [2.05, 4.69) is 17.2 Å². The van der Waals surface area contributed by atoms with Crippen molar-refractivity contribution in [2.45, 2.75) is 20.8 Å². The monoisotopic (exact) mass is 420 g/mol. The highest BCUT2D eigenvalue weighted by Gasteiger charge is 2.31. The third-order valence-corrected chi connectivity index (χ3v) is 6.06. The van der Waals surface area contributed by atoms with Crippen molar-refractivity contribution in [3.05, 3.63) is 78.6 Å². The number of rotatable bonds is 5. The van der Waals surface area contributed by atoms with Crippen LogP contribution in [0.3, 0.4) is 0 Å². The molecule has 3 aromatic rings. The number of hydrogen-bond acceptors (Lipinski definition) is 3. The number of benzene rings is 2. The lowest BCUT2D eigenvalue weighted by Crippen LogP contribution is -2.35. The third kappa shape index (κ3) is 4.97. The van der Waals surface area contributed by atoms with Gasteiger partial charge in [0.2, 0.25) is 0 Å². The molecule has 0 N–H and O–H groups in total. The number of nitrogens with zero attached hydrogens (tertiary/aromatic N) is 2. The largest absolute Gasteiger partial charge is 0.293 e. The van der Waals surface area contributed by atoms with Crippen LogP contribution in [0.5, 0.6) is 0 Å². The van der Waals surface area contributed by atoms with Crippen LogP contribution in [0.2, 0.25) is 0 Å². The second kappa shape index (κ2) is 8.44. The van der Waals surface area contributed by atoms with Gasteiger partial charge < -0.3 is 0 Å². The molecule has 0 aliphatic carbocycles. The second-order valence-corrected chi connectivity index (χ2v) is 11.5. The Morgan fingerprint density at radius 3 is 2.03 bits per heavy atom. The molecule has 0 amide bonds. The molecule has 0 saturated carbocycles. The van der Waals surface area contributed by atoms with Gasteiger partial charge in [-0.15, -0.1) is 0 Å². The summed E-state index contributed by atoms with van der Waals surface area (Å²) < 4.78 is 14.8. The van der Waals surface area contributed by atoms with Gasteiger partial charge in [-0.2, -0.15) is 5.10 Å². The van der Waals surface area contributed by atoms with E-state index >= 15 is 0 Å². The van der Waals surface area contributed by atoms with Gasteiger partial charge in [0.05, 0.1) is 10.6 Å². The Morgan fingerprint density at radius 2 is 1.53 bits per heavy atom. The first-order valence-electron chi connectivity index (χ1n) is 9.81. The lowest BCUT2D eigenvalue weighted by atomic mass is 9.88. The summed E-state index contributed by atoms with van der Waals surface area (Å²) in [7, 11) is -2.56. The molecule has 0 radical (unpaired) electrons. The van der Waals surface area contributed by atoms with Crippen molar-refractivity contribution < 1.29 is 9.00 Å². The van der Waals surface area contributed by atoms with Crippen molar-refractivity contribution >= 4 is 31.9 Å². The lowest BCUT2D eigenvalue weighted by molar-refractivity contribution is -0.119. The molecule has 2 aromatic carbocycles. The van der Waals surface area contributed by atoms with Crippen LogP contribution in [0.25, 0.3) is 22.9 Å². The minimum Gasteiger partial charge on any atom is -0.293 e. The number of carbonyl (C=O) groups excluding carboxylic acids is 1. The quantitative estimate of drug-likeness (QED) is 0.437. The van der Waals surface area contributed by atoms with Crippen molar-refractivity contribution in [3.8, 4) is 11.1 Å². The molecule has 0 atom stereocenters. The van der Waals surface area contributed by atoms with Gasteiger partial charge in [-0.3, -0.25) is 9.00 Å². The standard InChI is InChI=1S/C25H28N2O2S/c1-25(2,3)24(28)23(30(4,5)29)22(27-17-9-16-26-27)18-19-12-14-21(15-13-19)20-10-7-6-8-11-20/h6-18H,1-5H3/b22-18+. The Bertz CT molecular complexity index is 1170. The SMILES string of the molecule is CC(C)(C)C(=O)C(/C(=C\c1ccc(-c2ccccc2)cc1)n1cccn1)=S(C)(C)=O. The Hall–Kier alpha value is -2.92. The van der Waals surface area contributed by atoms with Gasteiger partial charge in [0.1, 0.15) is 0 Å². The van der Waals surface area contributed by atoms with Gasteiger partial charge in [0, 0.05) is 30.3 Å². The highest BCUT2D eigenvalue weighted by atomic mass is 32.2. The maximum absolute atomic E-state index is 13.3. The average Bonchev–Trinajstić information content (AvgIpc) is 3.21. The van der Waals surface area contributed by atoms with Gasteiger partial charge in [-0.05, 0) is 38.4 Å². The summed E-state index contributed by atoms with van der Waals surface area (Å²) in [6, 6.07) is 20.0. The first-order chi connectivity index (χ1) is 14.1. The summed E-state index contributed by atoms with van der Waals surface area (Å²) >= 11 is 0. The van der Waals surface area contributed by atoms with E-state index in [-0.39, 0.29) is 5.78 Å². The summed E-state index contributed by atoms with van der Waals surface area (Å²) in [5.74, 6) is -0.139. The average molecular weight is 421 g/mol. The van der Waals surface area contributed by atoms with Crippen molar-refractivity contribution in [3.63, 3.8) is 0 Å². The molecule has 30 heavy (non-hydrogen) atoms. The summed E-state index contributed by atoms with van der Waals surface area (Å²) in [6.07, 6.45) is 8.53. The maximum atomic E-state index is 13.3. The predicted octanol–water partition coefficient (Wildman–Crippen LogP) is 4.88. The summed E-state index contributed by atoms with van der Waals surface area (Å²) in [6.45, 7) is 5.53. The summed E-state index contributed by atoms with van der Waals surface area (Å²) in [4.78, 5) is 13.6. The van der Waals surface area contributed by atoms with Crippen LogP contribution < -0.4 is 0 Å². The van der Waals surface area contributed by atoms with Gasteiger partial charge in [-0.25, -0.2) is 4.68 Å². The highest BCUT2D eigenvalue weighted by molar-refractivity contribution is 8.03. The zero-order valence-electron chi connectivity index (χ0n) is 18.1. The molecule has 0 spiro atoms. The van der Waals surface area contributed by atoms with Gasteiger partial charge >= 0.3 is 0 Å². The molecule has 0 aliphatic rings. The molecule has 4 nitrogen and oxygen atoms in total. The van der Waals surface area contributed by atoms with Gasteiger partial charge in [-0.1, -0.05) is 75.4 Å². The normalized spacial score (nSPS) is 12.6. The highest BCUT2D eigenvalue weighted by Crippen LogP contribution is 2.25. The second-order valence-electron chi connectivity index (χ2n) is 8.61. The van der Waals surface area contributed by atoms with Crippen LogP contribution in [0.1, 0.15) is 26.3 Å². The first kappa shape index (κ1) is 21.8. The van der Waals surface area contributed by atoms with Crippen LogP contribution in [-0.4, -0.2) is 37.1 Å². The smallest absolute Gasteiger partial charge is 0.178 e. The van der Waals surface area contributed by atoms with Crippen molar-refractivity contribution in [2.24, 2.45) is 5.41 Å². The summed E-state index contributed by atoms with van der Waals surface area (Å²) in [5.41, 5.74) is 3.04. The zero-order valence-corrected chi connectivity index (χ0v) is 18.9. The zero-order chi connectivity index (χ0) is 21.9. The molecule has 0 aliphatic heterocycles. The number of ketones is 1. The van der Waals surface area contributed by atoms with E-state index in [0.717, 1.165) is 16.7 Å². The van der Waals surface area contributed by atoms with E-state index in [1.54, 1.807) is 35.7 Å². The molecule has 0 fully saturated rings. The Kier molecular flexibility index (Phi) is 6.13. The van der Waals surface area contributed by atoms with Crippen molar-refractivity contribution in [2.75, 3.05) is 12.5 Å². The van der Waals surface area contributed by atoms with Crippen LogP contribution in [-0.2, 0) is 14.3 Å². The van der Waals surface area contributed by atoms with E-state index in [1.807, 2.05) is 69.3 Å². The molecular formula is C25H28N2O2S. The van der Waals surface area contributed by atoms with Gasteiger partial charge in [0.25, 0.3) is 0 Å². The van der Waals surface area contributed by atoms with Crippen molar-refractivity contribution in [1.29, 1.82) is 0 Å². The number of carbonyl (C=O) groups is 1. The van der Waals surface area contributed by atoms with Gasteiger partial charge in [0.15, 0.2) is 5.78 Å². The number of aromatic nitrogens is 2. The van der Waals surface area contributed by atoms with Crippen LogP contribution >= 0.6 is 0 Å². The van der Waals surface area contributed by atoms with E-state index in [0.29, 0.717) is 10.6 Å². The molecule has 0 saturated heterocycles. The van der Waals surface area contributed by atoms with Crippen LogP contribution in [0, 0.1) is 5.41 Å². The van der Waals surface area contributed by atoms with E-state index in [1.165, 1.54) is 0 Å². The van der Waals surface area contributed by atoms with E-state index in [9.17, 15) is 9.00 Å². The van der Waals surface area contributed by atoms with E-state index < -0.39 is 14.9 Å². The minimum absolute atomic E-state index is 0.139. The molecular weight excluding hydrogens is 392 g/mol. The predicted molar refractivity (Wildman–Crippen MR) is 128 cm³/mol. The Balaban J connectivity index is 2.14. The van der Waals surface area contributed by atoms with E-state index in [4.69, 9.17) is 0 Å². The molecule has 1 heterocycles. The minimum atomic E-state index is -2.56. The lowest BCUT2D eigenvalue weighted by Gasteiger charge is -2.22. The Labute approximate surface area is 179 Å². The Morgan fingerprint density at radius 1 is 0.933 bits per heavy atom. The molecule has 3 rings (SSSR count). The molecule has 0 unspecified atom stereocenters. The number of allylic oxidation sites excluding steroid dienone is 1.